The van der Waals surface area contributed by atoms with E-state index in [1.807, 2.05) is 19.2 Å². The zero-order valence-corrected chi connectivity index (χ0v) is 12.2. The number of hydrogen-bond acceptors (Lipinski definition) is 3. The van der Waals surface area contributed by atoms with Crippen molar-refractivity contribution in [3.8, 4) is 0 Å². The standard InChI is InChI=1S/C16H25FN2O/c1-18-11-16(20)12-19-8-6-14(7-9-19)10-13-2-4-15(17)5-3-13/h2-5,14,16,18,20H,6-12H2,1H3. The predicted octanol–water partition coefficient (Wildman–Crippen LogP) is 1.66. The van der Waals surface area contributed by atoms with E-state index >= 15 is 0 Å². The van der Waals surface area contributed by atoms with E-state index in [0.29, 0.717) is 12.5 Å². The predicted molar refractivity (Wildman–Crippen MR) is 79.2 cm³/mol. The Morgan fingerprint density at radius 3 is 2.55 bits per heavy atom. The van der Waals surface area contributed by atoms with Crippen molar-refractivity contribution in [2.24, 2.45) is 5.92 Å². The highest BCUT2D eigenvalue weighted by Crippen LogP contribution is 2.21. The van der Waals surface area contributed by atoms with Gasteiger partial charge in [0.15, 0.2) is 0 Å². The molecule has 0 spiro atoms. The van der Waals surface area contributed by atoms with Crippen molar-refractivity contribution in [1.29, 1.82) is 0 Å². The molecule has 1 heterocycles. The molecule has 2 rings (SSSR count). The number of likely N-dealkylation sites (N-methyl/N-ethyl adjacent to an activating group) is 1. The van der Waals surface area contributed by atoms with Gasteiger partial charge < -0.3 is 15.3 Å². The Labute approximate surface area is 120 Å². The van der Waals surface area contributed by atoms with Gasteiger partial charge in [-0.15, -0.1) is 0 Å². The lowest BCUT2D eigenvalue weighted by Gasteiger charge is -2.33. The third kappa shape index (κ3) is 4.85. The quantitative estimate of drug-likeness (QED) is 0.832. The van der Waals surface area contributed by atoms with Crippen LogP contribution in [0, 0.1) is 11.7 Å². The number of hydrogen-bond donors (Lipinski definition) is 2. The molecule has 1 aromatic carbocycles. The van der Waals surface area contributed by atoms with Crippen LogP contribution < -0.4 is 5.32 Å². The summed E-state index contributed by atoms with van der Waals surface area (Å²) in [7, 11) is 1.86. The van der Waals surface area contributed by atoms with E-state index < -0.39 is 0 Å². The smallest absolute Gasteiger partial charge is 0.123 e. The lowest BCUT2D eigenvalue weighted by molar-refractivity contribution is 0.0899. The van der Waals surface area contributed by atoms with E-state index in [4.69, 9.17) is 0 Å². The largest absolute Gasteiger partial charge is 0.390 e. The minimum atomic E-state index is -0.284. The van der Waals surface area contributed by atoms with E-state index in [1.165, 1.54) is 5.56 Å². The molecular formula is C16H25FN2O. The first-order valence-electron chi connectivity index (χ1n) is 7.47. The van der Waals surface area contributed by atoms with Gasteiger partial charge in [0.2, 0.25) is 0 Å². The Hall–Kier alpha value is -0.970. The van der Waals surface area contributed by atoms with Crippen LogP contribution in [-0.2, 0) is 6.42 Å². The van der Waals surface area contributed by atoms with Crippen LogP contribution in [0.5, 0.6) is 0 Å². The number of aliphatic hydroxyl groups is 1. The van der Waals surface area contributed by atoms with Crippen molar-refractivity contribution in [2.75, 3.05) is 33.2 Å². The number of likely N-dealkylation sites (tertiary alicyclic amines) is 1. The van der Waals surface area contributed by atoms with E-state index in [0.717, 1.165) is 38.9 Å². The SMILES string of the molecule is CNCC(O)CN1CCC(Cc2ccc(F)cc2)CC1. The van der Waals surface area contributed by atoms with Crippen LogP contribution in [-0.4, -0.2) is 49.3 Å². The number of halogens is 1. The summed E-state index contributed by atoms with van der Waals surface area (Å²) in [6.45, 7) is 3.50. The average Bonchev–Trinajstić information content (AvgIpc) is 2.44. The molecule has 1 aliphatic rings. The summed E-state index contributed by atoms with van der Waals surface area (Å²) in [6, 6.07) is 6.86. The van der Waals surface area contributed by atoms with Crippen LogP contribution in [0.15, 0.2) is 24.3 Å². The number of piperidine rings is 1. The van der Waals surface area contributed by atoms with E-state index in [1.54, 1.807) is 12.1 Å². The molecule has 1 saturated heterocycles. The van der Waals surface area contributed by atoms with Gasteiger partial charge in [-0.25, -0.2) is 4.39 Å². The molecule has 3 nitrogen and oxygen atoms in total. The van der Waals surface area contributed by atoms with Gasteiger partial charge in [-0.3, -0.25) is 0 Å². The highest BCUT2D eigenvalue weighted by atomic mass is 19.1. The summed E-state index contributed by atoms with van der Waals surface area (Å²) in [6.07, 6.45) is 3.06. The van der Waals surface area contributed by atoms with E-state index in [9.17, 15) is 9.50 Å². The van der Waals surface area contributed by atoms with Crippen LogP contribution in [0.2, 0.25) is 0 Å². The molecule has 1 aliphatic heterocycles. The lowest BCUT2D eigenvalue weighted by Crippen LogP contribution is -2.42. The third-order valence-corrected chi connectivity index (χ3v) is 4.05. The Kier molecular flexibility index (Phi) is 5.95. The van der Waals surface area contributed by atoms with Crippen molar-refractivity contribution in [2.45, 2.75) is 25.4 Å². The molecule has 20 heavy (non-hydrogen) atoms. The first-order chi connectivity index (χ1) is 9.67. The Morgan fingerprint density at radius 1 is 1.30 bits per heavy atom. The van der Waals surface area contributed by atoms with Gasteiger partial charge in [0.05, 0.1) is 6.10 Å². The van der Waals surface area contributed by atoms with Gasteiger partial charge in [0, 0.05) is 13.1 Å². The monoisotopic (exact) mass is 280 g/mol. The van der Waals surface area contributed by atoms with Crippen molar-refractivity contribution >= 4 is 0 Å². The number of aliphatic hydroxyl groups excluding tert-OH is 1. The van der Waals surface area contributed by atoms with Crippen LogP contribution in [0.1, 0.15) is 18.4 Å². The fourth-order valence-corrected chi connectivity index (χ4v) is 2.93. The van der Waals surface area contributed by atoms with Gasteiger partial charge in [-0.05, 0) is 63.0 Å². The van der Waals surface area contributed by atoms with Gasteiger partial charge in [-0.1, -0.05) is 12.1 Å². The molecule has 0 radical (unpaired) electrons. The van der Waals surface area contributed by atoms with Crippen LogP contribution in [0.4, 0.5) is 4.39 Å². The number of nitrogens with zero attached hydrogens (tertiary/aromatic N) is 1. The molecule has 1 unspecified atom stereocenters. The number of nitrogens with one attached hydrogen (secondary N) is 1. The van der Waals surface area contributed by atoms with Crippen LogP contribution in [0.3, 0.4) is 0 Å². The van der Waals surface area contributed by atoms with Gasteiger partial charge >= 0.3 is 0 Å². The minimum Gasteiger partial charge on any atom is -0.390 e. The molecule has 0 saturated carbocycles. The fraction of sp³-hybridized carbons (Fsp3) is 0.625. The second-order valence-electron chi connectivity index (χ2n) is 5.79. The molecule has 0 aromatic heterocycles. The molecule has 0 aliphatic carbocycles. The van der Waals surface area contributed by atoms with Crippen molar-refractivity contribution < 1.29 is 9.50 Å². The normalized spacial score (nSPS) is 19.1. The first kappa shape index (κ1) is 15.4. The lowest BCUT2D eigenvalue weighted by atomic mass is 9.90. The van der Waals surface area contributed by atoms with Crippen LogP contribution >= 0.6 is 0 Å². The number of β-amino-alcohol motifs (C(OH)–C–C–N with tert-alkyl or cyclic N) is 1. The zero-order valence-electron chi connectivity index (χ0n) is 12.2. The second kappa shape index (κ2) is 7.72. The fourth-order valence-electron chi connectivity index (χ4n) is 2.93. The minimum absolute atomic E-state index is 0.165. The molecule has 0 amide bonds. The molecule has 0 bridgehead atoms. The third-order valence-electron chi connectivity index (χ3n) is 4.05. The summed E-state index contributed by atoms with van der Waals surface area (Å²) >= 11 is 0. The average molecular weight is 280 g/mol. The number of rotatable bonds is 6. The van der Waals surface area contributed by atoms with Crippen molar-refractivity contribution in [3.63, 3.8) is 0 Å². The van der Waals surface area contributed by atoms with Gasteiger partial charge in [-0.2, -0.15) is 0 Å². The van der Waals surface area contributed by atoms with Crippen LogP contribution in [0.25, 0.3) is 0 Å². The summed E-state index contributed by atoms with van der Waals surface area (Å²) in [5.74, 6) is 0.514. The number of benzene rings is 1. The highest BCUT2D eigenvalue weighted by Gasteiger charge is 2.20. The van der Waals surface area contributed by atoms with Gasteiger partial charge in [0.25, 0.3) is 0 Å². The molecule has 1 aromatic rings. The van der Waals surface area contributed by atoms with E-state index in [-0.39, 0.29) is 11.9 Å². The maximum Gasteiger partial charge on any atom is 0.123 e. The summed E-state index contributed by atoms with van der Waals surface area (Å²) in [4.78, 5) is 2.34. The molecular weight excluding hydrogens is 255 g/mol. The Balaban J connectivity index is 1.72. The maximum absolute atomic E-state index is 12.9. The van der Waals surface area contributed by atoms with Gasteiger partial charge in [0.1, 0.15) is 5.82 Å². The van der Waals surface area contributed by atoms with E-state index in [2.05, 4.69) is 10.2 Å². The van der Waals surface area contributed by atoms with Crippen molar-refractivity contribution in [3.05, 3.63) is 35.6 Å². The molecule has 112 valence electrons. The Morgan fingerprint density at radius 2 is 1.95 bits per heavy atom. The topological polar surface area (TPSA) is 35.5 Å². The molecule has 1 atom stereocenters. The molecule has 2 N–H and O–H groups in total. The Bertz CT molecular complexity index is 388. The molecule has 4 heteroatoms. The second-order valence-corrected chi connectivity index (χ2v) is 5.79. The van der Waals surface area contributed by atoms with Crippen molar-refractivity contribution in [1.82, 2.24) is 10.2 Å². The zero-order chi connectivity index (χ0) is 14.4. The maximum atomic E-state index is 12.9. The molecule has 1 fully saturated rings. The highest BCUT2D eigenvalue weighted by molar-refractivity contribution is 5.16. The summed E-state index contributed by atoms with van der Waals surface area (Å²) < 4.78 is 12.9. The summed E-state index contributed by atoms with van der Waals surface area (Å²) in [5, 5.41) is 12.8. The summed E-state index contributed by atoms with van der Waals surface area (Å²) in [5.41, 5.74) is 1.22. The first-order valence-corrected chi connectivity index (χ1v) is 7.47.